The summed E-state index contributed by atoms with van der Waals surface area (Å²) in [5, 5.41) is 13.6. The minimum absolute atomic E-state index is 0.0950. The Hall–Kier alpha value is -3.57. The summed E-state index contributed by atoms with van der Waals surface area (Å²) in [5.74, 6) is 0.389. The molecule has 1 aliphatic rings. The standard InChI is InChI=1S/C37H44Cl4N6O4/c1-4-5-6-7-8-9-10-11-12-13-14-15-33(48)42-25-16-18-27(39)30(22-25)43-36-34(45-44-26-17-19-31(50-2)32(23-26)51-3)37(49)47(46-36)35-28(40)20-24(38)21-29(35)41/h16-23,34H,4-15H2,1-3H3,(H,42,48)(H,43,46). The third-order valence-electron chi connectivity index (χ3n) is 8.28. The van der Waals surface area contributed by atoms with Gasteiger partial charge in [0, 0.05) is 23.2 Å². The van der Waals surface area contributed by atoms with Crippen LogP contribution in [0.2, 0.25) is 20.1 Å². The Labute approximate surface area is 319 Å². The van der Waals surface area contributed by atoms with Gasteiger partial charge in [0.25, 0.3) is 5.91 Å². The normalized spacial score (nSPS) is 15.1. The number of carbonyl (C=O) groups excluding carboxylic acids is 2. The summed E-state index contributed by atoms with van der Waals surface area (Å²) in [7, 11) is 3.03. The molecule has 0 radical (unpaired) electrons. The number of amides is 2. The van der Waals surface area contributed by atoms with Crippen molar-refractivity contribution in [2.75, 3.05) is 24.5 Å². The zero-order valence-corrected chi connectivity index (χ0v) is 32.1. The largest absolute Gasteiger partial charge is 0.493 e. The van der Waals surface area contributed by atoms with Crippen molar-refractivity contribution in [2.45, 2.75) is 90.0 Å². The summed E-state index contributed by atoms with van der Waals surface area (Å²) in [5.41, 5.74) is 4.34. The van der Waals surface area contributed by atoms with Crippen LogP contribution in [0.5, 0.6) is 11.5 Å². The topological polar surface area (TPSA) is 117 Å². The maximum absolute atomic E-state index is 13.8. The van der Waals surface area contributed by atoms with Crippen LogP contribution in [0.1, 0.15) is 84.0 Å². The van der Waals surface area contributed by atoms with Crippen molar-refractivity contribution in [1.82, 2.24) is 5.43 Å². The molecule has 0 saturated carbocycles. The number of azo groups is 1. The molecule has 1 aliphatic heterocycles. The molecule has 0 bridgehead atoms. The molecule has 1 saturated heterocycles. The Morgan fingerprint density at radius 1 is 0.804 bits per heavy atom. The molecule has 1 fully saturated rings. The molecule has 274 valence electrons. The second kappa shape index (κ2) is 20.5. The van der Waals surface area contributed by atoms with Crippen molar-refractivity contribution >= 4 is 86.8 Å². The van der Waals surface area contributed by atoms with Crippen LogP contribution < -0.4 is 25.2 Å². The van der Waals surface area contributed by atoms with Gasteiger partial charge in [-0.3, -0.25) is 15.0 Å². The van der Waals surface area contributed by atoms with Gasteiger partial charge in [-0.2, -0.15) is 10.2 Å². The van der Waals surface area contributed by atoms with Gasteiger partial charge in [0.05, 0.1) is 40.7 Å². The molecule has 3 aromatic carbocycles. The number of halogens is 4. The quantitative estimate of drug-likeness (QED) is 0.0928. The van der Waals surface area contributed by atoms with Gasteiger partial charge < -0.3 is 14.8 Å². The molecular formula is C37H44Cl4N6O4. The van der Waals surface area contributed by atoms with Crippen LogP contribution >= 0.6 is 46.4 Å². The van der Waals surface area contributed by atoms with Gasteiger partial charge in [0.1, 0.15) is 5.69 Å². The van der Waals surface area contributed by atoms with E-state index in [1.54, 1.807) is 36.4 Å². The smallest absolute Gasteiger partial charge is 0.280 e. The summed E-state index contributed by atoms with van der Waals surface area (Å²) < 4.78 is 10.7. The summed E-state index contributed by atoms with van der Waals surface area (Å²) >= 11 is 25.6. The summed E-state index contributed by atoms with van der Waals surface area (Å²) in [4.78, 5) is 31.3. The van der Waals surface area contributed by atoms with E-state index in [1.807, 2.05) is 0 Å². The van der Waals surface area contributed by atoms with Gasteiger partial charge in [-0.15, -0.1) is 0 Å². The van der Waals surface area contributed by atoms with Gasteiger partial charge in [0.15, 0.2) is 17.3 Å². The average Bonchev–Trinajstić information content (AvgIpc) is 3.40. The van der Waals surface area contributed by atoms with Gasteiger partial charge in [0.2, 0.25) is 11.9 Å². The lowest BCUT2D eigenvalue weighted by Gasteiger charge is -2.19. The number of nitrogens with one attached hydrogen (secondary N) is 2. The van der Waals surface area contributed by atoms with Crippen LogP contribution in [-0.4, -0.2) is 37.9 Å². The zero-order valence-electron chi connectivity index (χ0n) is 29.1. The molecule has 0 aromatic heterocycles. The Bertz CT molecular complexity index is 1700. The van der Waals surface area contributed by atoms with Crippen LogP contribution in [0.25, 0.3) is 0 Å². The Morgan fingerprint density at radius 3 is 2.06 bits per heavy atom. The Balaban J connectivity index is 1.47. The number of methoxy groups -OCH3 is 2. The van der Waals surface area contributed by atoms with Crippen molar-refractivity contribution in [3.63, 3.8) is 0 Å². The summed E-state index contributed by atoms with van der Waals surface area (Å²) in [6.07, 6.45) is 13.7. The number of hydrazine groups is 1. The van der Waals surface area contributed by atoms with Crippen LogP contribution in [0, 0.1) is 0 Å². The number of aliphatic imine (C=N–C) groups is 1. The Morgan fingerprint density at radius 2 is 1.43 bits per heavy atom. The molecule has 1 heterocycles. The molecule has 14 heteroatoms. The lowest BCUT2D eigenvalue weighted by atomic mass is 10.1. The lowest BCUT2D eigenvalue weighted by Crippen LogP contribution is -2.36. The van der Waals surface area contributed by atoms with Crippen molar-refractivity contribution < 1.29 is 19.1 Å². The number of nitrogens with zero attached hydrogens (tertiary/aromatic N) is 4. The van der Waals surface area contributed by atoms with Crippen molar-refractivity contribution in [3.05, 3.63) is 68.6 Å². The van der Waals surface area contributed by atoms with Crippen LogP contribution in [-0.2, 0) is 9.59 Å². The lowest BCUT2D eigenvalue weighted by molar-refractivity contribution is -0.118. The van der Waals surface area contributed by atoms with E-state index in [9.17, 15) is 9.59 Å². The number of ether oxygens (including phenoxy) is 2. The maximum atomic E-state index is 13.8. The fraction of sp³-hybridized carbons (Fsp3) is 0.432. The zero-order chi connectivity index (χ0) is 36.8. The maximum Gasteiger partial charge on any atom is 0.280 e. The molecule has 1 unspecified atom stereocenters. The molecule has 0 aliphatic carbocycles. The van der Waals surface area contributed by atoms with Gasteiger partial charge in [-0.05, 0) is 48.9 Å². The number of hydrogen-bond donors (Lipinski definition) is 2. The number of unbranched alkanes of at least 4 members (excludes halogenated alkanes) is 10. The number of rotatable bonds is 19. The molecular weight excluding hydrogens is 734 g/mol. The summed E-state index contributed by atoms with van der Waals surface area (Å²) in [6.45, 7) is 2.24. The predicted molar refractivity (Wildman–Crippen MR) is 208 cm³/mol. The number of benzene rings is 3. The number of carbonyl (C=O) groups is 2. The van der Waals surface area contributed by atoms with Crippen LogP contribution in [0.3, 0.4) is 0 Å². The molecule has 51 heavy (non-hydrogen) atoms. The minimum Gasteiger partial charge on any atom is -0.493 e. The third kappa shape index (κ3) is 11.7. The van der Waals surface area contributed by atoms with Crippen LogP contribution in [0.4, 0.5) is 22.7 Å². The minimum atomic E-state index is -1.24. The predicted octanol–water partition coefficient (Wildman–Crippen LogP) is 11.7. The van der Waals surface area contributed by atoms with Crippen molar-refractivity contribution in [3.8, 4) is 11.5 Å². The van der Waals surface area contributed by atoms with E-state index in [1.165, 1.54) is 77.7 Å². The fourth-order valence-electron chi connectivity index (χ4n) is 5.57. The Kier molecular flexibility index (Phi) is 16.1. The number of amidine groups is 1. The highest BCUT2D eigenvalue weighted by atomic mass is 35.5. The molecule has 4 rings (SSSR count). The van der Waals surface area contributed by atoms with Gasteiger partial charge in [-0.25, -0.2) is 10.0 Å². The van der Waals surface area contributed by atoms with Gasteiger partial charge >= 0.3 is 0 Å². The first-order chi connectivity index (χ1) is 24.6. The van der Waals surface area contributed by atoms with E-state index in [2.05, 4.69) is 32.9 Å². The molecule has 2 amide bonds. The van der Waals surface area contributed by atoms with Crippen LogP contribution in [0.15, 0.2) is 63.8 Å². The summed E-state index contributed by atoms with van der Waals surface area (Å²) in [6, 6.07) is 11.6. The van der Waals surface area contributed by atoms with Crippen molar-refractivity contribution in [1.29, 1.82) is 0 Å². The van der Waals surface area contributed by atoms with E-state index >= 15 is 0 Å². The number of anilines is 2. The van der Waals surface area contributed by atoms with E-state index in [0.717, 1.165) is 24.3 Å². The highest BCUT2D eigenvalue weighted by Crippen LogP contribution is 2.39. The molecule has 0 spiro atoms. The first-order valence-electron chi connectivity index (χ1n) is 17.2. The SMILES string of the molecule is CCCCCCCCCCCCCC(=O)Nc1ccc(Cl)c(N=C2NN(c3c(Cl)cc(Cl)cc3Cl)C(=O)C2N=Nc2ccc(OC)c(OC)c2)c1. The fourth-order valence-corrected chi connectivity index (χ4v) is 6.71. The number of hydrogen-bond acceptors (Lipinski definition) is 7. The molecule has 10 nitrogen and oxygen atoms in total. The first-order valence-corrected chi connectivity index (χ1v) is 18.7. The molecule has 3 aromatic rings. The first kappa shape index (κ1) is 40.2. The molecule has 1 atom stereocenters. The monoisotopic (exact) mass is 776 g/mol. The van der Waals surface area contributed by atoms with Crippen molar-refractivity contribution in [2.24, 2.45) is 15.2 Å². The van der Waals surface area contributed by atoms with E-state index in [-0.39, 0.29) is 32.5 Å². The highest BCUT2D eigenvalue weighted by Gasteiger charge is 2.41. The van der Waals surface area contributed by atoms with E-state index in [4.69, 9.17) is 55.9 Å². The van der Waals surface area contributed by atoms with E-state index < -0.39 is 11.9 Å². The third-order valence-corrected chi connectivity index (χ3v) is 9.39. The second-order valence-corrected chi connectivity index (χ2v) is 13.8. The van der Waals surface area contributed by atoms with E-state index in [0.29, 0.717) is 40.0 Å². The highest BCUT2D eigenvalue weighted by molar-refractivity contribution is 6.43. The second-order valence-electron chi connectivity index (χ2n) is 12.2. The average molecular weight is 779 g/mol. The molecule has 2 N–H and O–H groups in total. The van der Waals surface area contributed by atoms with Gasteiger partial charge in [-0.1, -0.05) is 118 Å².